The smallest absolute Gasteiger partial charge is 0.228 e. The van der Waals surface area contributed by atoms with Gasteiger partial charge < -0.3 is 10.1 Å². The second kappa shape index (κ2) is 10.0. The zero-order valence-electron chi connectivity index (χ0n) is 19.0. The maximum absolute atomic E-state index is 12.6. The van der Waals surface area contributed by atoms with Crippen LogP contribution >= 0.6 is 0 Å². The number of Topliss-reactive ketones (excluding diaryl/α,β-unsaturated/α-hetero) is 1. The van der Waals surface area contributed by atoms with E-state index in [1.807, 2.05) is 68.4 Å². The predicted molar refractivity (Wildman–Crippen MR) is 130 cm³/mol. The molecule has 0 spiro atoms. The van der Waals surface area contributed by atoms with Crippen LogP contribution in [0.1, 0.15) is 22.3 Å². The maximum atomic E-state index is 12.6. The highest BCUT2D eigenvalue weighted by Gasteiger charge is 2.13. The van der Waals surface area contributed by atoms with Crippen molar-refractivity contribution in [1.29, 1.82) is 0 Å². The number of benzene rings is 2. The summed E-state index contributed by atoms with van der Waals surface area (Å²) in [5.74, 6) is 1.86. The minimum Gasteiger partial charge on any atom is -0.438 e. The molecule has 0 atom stereocenters. The van der Waals surface area contributed by atoms with Crippen LogP contribution < -0.4 is 10.1 Å². The molecule has 4 aromatic rings. The van der Waals surface area contributed by atoms with E-state index in [1.165, 1.54) is 0 Å². The van der Waals surface area contributed by atoms with Gasteiger partial charge in [0.05, 0.1) is 11.3 Å². The normalized spacial score (nSPS) is 10.6. The molecular formula is C27H26N4O2. The summed E-state index contributed by atoms with van der Waals surface area (Å²) in [6, 6.07) is 19.5. The molecule has 6 heteroatoms. The van der Waals surface area contributed by atoms with Crippen molar-refractivity contribution < 1.29 is 9.53 Å². The number of ketones is 1. The Balaban J connectivity index is 1.50. The Morgan fingerprint density at radius 2 is 1.73 bits per heavy atom. The van der Waals surface area contributed by atoms with Gasteiger partial charge in [0.1, 0.15) is 11.5 Å². The minimum absolute atomic E-state index is 0.185. The Morgan fingerprint density at radius 3 is 2.48 bits per heavy atom. The maximum Gasteiger partial charge on any atom is 0.228 e. The predicted octanol–water partition coefficient (Wildman–Crippen LogP) is 5.34. The molecule has 166 valence electrons. The van der Waals surface area contributed by atoms with E-state index in [0.717, 1.165) is 27.8 Å². The molecule has 0 saturated carbocycles. The first kappa shape index (κ1) is 22.1. The van der Waals surface area contributed by atoms with Gasteiger partial charge in [0.25, 0.3) is 0 Å². The van der Waals surface area contributed by atoms with E-state index < -0.39 is 0 Å². The third-order valence-electron chi connectivity index (χ3n) is 5.26. The number of carbonyl (C=O) groups is 1. The van der Waals surface area contributed by atoms with Gasteiger partial charge in [0, 0.05) is 32.3 Å². The summed E-state index contributed by atoms with van der Waals surface area (Å²) in [5, 5.41) is 2.94. The molecule has 6 nitrogen and oxygen atoms in total. The van der Waals surface area contributed by atoms with Crippen LogP contribution in [0.5, 0.6) is 11.6 Å². The Morgan fingerprint density at radius 1 is 0.909 bits per heavy atom. The number of hydrogen-bond donors (Lipinski definition) is 1. The van der Waals surface area contributed by atoms with Crippen molar-refractivity contribution in [2.45, 2.75) is 26.7 Å². The van der Waals surface area contributed by atoms with Crippen molar-refractivity contribution >= 4 is 11.7 Å². The van der Waals surface area contributed by atoms with Crippen molar-refractivity contribution in [2.75, 3.05) is 12.4 Å². The first-order chi connectivity index (χ1) is 16.0. The lowest BCUT2D eigenvalue weighted by Gasteiger charge is -2.13. The van der Waals surface area contributed by atoms with Crippen molar-refractivity contribution in [3.05, 3.63) is 95.3 Å². The number of nitrogens with one attached hydrogen (secondary N) is 1. The van der Waals surface area contributed by atoms with Crippen LogP contribution in [-0.2, 0) is 17.6 Å². The van der Waals surface area contributed by atoms with Crippen LogP contribution in [0.15, 0.2) is 73.1 Å². The number of aryl methyl sites for hydroxylation is 2. The summed E-state index contributed by atoms with van der Waals surface area (Å²) in [5.41, 5.74) is 5.60. The molecule has 2 aromatic heterocycles. The second-order valence-corrected chi connectivity index (χ2v) is 7.95. The van der Waals surface area contributed by atoms with Gasteiger partial charge in [-0.1, -0.05) is 42.0 Å². The summed E-state index contributed by atoms with van der Waals surface area (Å²) < 4.78 is 6.16. The molecule has 0 saturated heterocycles. The van der Waals surface area contributed by atoms with Gasteiger partial charge in [-0.05, 0) is 54.8 Å². The van der Waals surface area contributed by atoms with Crippen molar-refractivity contribution in [1.82, 2.24) is 15.0 Å². The Hall–Kier alpha value is -4.06. The molecule has 0 bridgehead atoms. The van der Waals surface area contributed by atoms with Crippen LogP contribution in [0.4, 0.5) is 5.95 Å². The van der Waals surface area contributed by atoms with Gasteiger partial charge in [-0.3, -0.25) is 4.79 Å². The summed E-state index contributed by atoms with van der Waals surface area (Å²) in [6.45, 7) is 4.00. The summed E-state index contributed by atoms with van der Waals surface area (Å²) in [4.78, 5) is 25.6. The highest BCUT2D eigenvalue weighted by atomic mass is 16.5. The minimum atomic E-state index is 0.185. The van der Waals surface area contributed by atoms with Gasteiger partial charge in [-0.25, -0.2) is 15.0 Å². The number of rotatable bonds is 8. The average Bonchev–Trinajstić information content (AvgIpc) is 2.81. The summed E-state index contributed by atoms with van der Waals surface area (Å²) in [7, 11) is 1.77. The molecule has 0 unspecified atom stereocenters. The van der Waals surface area contributed by atoms with Crippen molar-refractivity contribution in [3.63, 3.8) is 0 Å². The van der Waals surface area contributed by atoms with Crippen LogP contribution in [0.25, 0.3) is 11.3 Å². The average molecular weight is 439 g/mol. The molecular weight excluding hydrogens is 412 g/mol. The third kappa shape index (κ3) is 5.60. The standard InChI is InChI=1S/C27H26N4O2/c1-18-6-4-7-20(14-18)16-22(32)17-21-9-10-25(19(2)15-21)33-26-23(8-5-12-29-26)24-11-13-30-27(28-3)31-24/h4-15H,16-17H2,1-3H3,(H,28,30,31). The van der Waals surface area contributed by atoms with Gasteiger partial charge in [0.2, 0.25) is 11.8 Å². The van der Waals surface area contributed by atoms with Crippen LogP contribution in [0.2, 0.25) is 0 Å². The first-order valence-corrected chi connectivity index (χ1v) is 10.8. The molecule has 4 rings (SSSR count). The van der Waals surface area contributed by atoms with Crippen LogP contribution in [0, 0.1) is 13.8 Å². The fourth-order valence-corrected chi connectivity index (χ4v) is 3.68. The third-order valence-corrected chi connectivity index (χ3v) is 5.26. The molecule has 0 radical (unpaired) electrons. The monoisotopic (exact) mass is 438 g/mol. The highest BCUT2D eigenvalue weighted by molar-refractivity contribution is 5.83. The fraction of sp³-hybridized carbons (Fsp3) is 0.185. The molecule has 33 heavy (non-hydrogen) atoms. The molecule has 2 aromatic carbocycles. The van der Waals surface area contributed by atoms with E-state index in [9.17, 15) is 4.79 Å². The molecule has 2 heterocycles. The van der Waals surface area contributed by atoms with Crippen molar-refractivity contribution in [2.24, 2.45) is 0 Å². The van der Waals surface area contributed by atoms with E-state index in [4.69, 9.17) is 4.74 Å². The summed E-state index contributed by atoms with van der Waals surface area (Å²) >= 11 is 0. The SMILES string of the molecule is CNc1nccc(-c2cccnc2Oc2ccc(CC(=O)Cc3cccc(C)c3)cc2C)n1. The topological polar surface area (TPSA) is 77.0 Å². The van der Waals surface area contributed by atoms with E-state index in [-0.39, 0.29) is 5.78 Å². The molecule has 0 aliphatic carbocycles. The molecule has 0 aliphatic rings. The largest absolute Gasteiger partial charge is 0.438 e. The van der Waals surface area contributed by atoms with Crippen LogP contribution in [-0.4, -0.2) is 27.8 Å². The van der Waals surface area contributed by atoms with Gasteiger partial charge in [-0.15, -0.1) is 0 Å². The molecule has 0 aliphatic heterocycles. The zero-order chi connectivity index (χ0) is 23.2. The Labute approximate surface area is 193 Å². The molecule has 0 fully saturated rings. The molecule has 0 amide bonds. The van der Waals surface area contributed by atoms with Crippen LogP contribution in [0.3, 0.4) is 0 Å². The van der Waals surface area contributed by atoms with E-state index in [1.54, 1.807) is 19.4 Å². The highest BCUT2D eigenvalue weighted by Crippen LogP contribution is 2.32. The second-order valence-electron chi connectivity index (χ2n) is 7.95. The van der Waals surface area contributed by atoms with Gasteiger partial charge in [-0.2, -0.15) is 0 Å². The van der Waals surface area contributed by atoms with Crippen molar-refractivity contribution in [3.8, 4) is 22.9 Å². The number of anilines is 1. The quantitative estimate of drug-likeness (QED) is 0.400. The zero-order valence-corrected chi connectivity index (χ0v) is 19.0. The number of hydrogen-bond acceptors (Lipinski definition) is 6. The number of nitrogens with zero attached hydrogens (tertiary/aromatic N) is 3. The summed E-state index contributed by atoms with van der Waals surface area (Å²) in [6.07, 6.45) is 4.20. The lowest BCUT2D eigenvalue weighted by molar-refractivity contribution is -0.117. The number of aromatic nitrogens is 3. The number of carbonyl (C=O) groups excluding carboxylic acids is 1. The van der Waals surface area contributed by atoms with E-state index >= 15 is 0 Å². The number of pyridine rings is 1. The Kier molecular flexibility index (Phi) is 6.74. The van der Waals surface area contributed by atoms with E-state index in [0.29, 0.717) is 36.1 Å². The van der Waals surface area contributed by atoms with Gasteiger partial charge >= 0.3 is 0 Å². The number of ether oxygens (including phenoxy) is 1. The Bertz CT molecular complexity index is 1290. The fourth-order valence-electron chi connectivity index (χ4n) is 3.68. The van der Waals surface area contributed by atoms with Gasteiger partial charge in [0.15, 0.2) is 0 Å². The lowest BCUT2D eigenvalue weighted by Crippen LogP contribution is -2.07. The molecule has 1 N–H and O–H groups in total. The lowest BCUT2D eigenvalue weighted by atomic mass is 10.0. The van der Waals surface area contributed by atoms with E-state index in [2.05, 4.69) is 26.3 Å². The first-order valence-electron chi connectivity index (χ1n) is 10.8.